The SMILES string of the molecule is CCCC[C@H](NC(=O)[C@H](CC(C)C)NC(=O)[C@@H](NC(=O)CN(C(=O)[C@H](CCC(=O)O)NC(=O)[C@H](CC(=O)O)NC(=O)CCC(=O)O)c1ccccc1)C(C)(C)C)C(=O)C(N)=O. The highest BCUT2D eigenvalue weighted by atomic mass is 16.4. The number of carbonyl (C=O) groups excluding carboxylic acids is 8. The van der Waals surface area contributed by atoms with Crippen LogP contribution in [0, 0.1) is 11.3 Å². The van der Waals surface area contributed by atoms with Gasteiger partial charge in [0.25, 0.3) is 5.91 Å². The normalized spacial score (nSPS) is 13.6. The third-order valence-corrected chi connectivity index (χ3v) is 8.99. The minimum Gasteiger partial charge on any atom is -0.481 e. The number of rotatable bonds is 27. The molecule has 0 aliphatic rings. The van der Waals surface area contributed by atoms with Gasteiger partial charge in [-0.25, -0.2) is 0 Å². The molecule has 1 rings (SSSR count). The van der Waals surface area contributed by atoms with E-state index in [1.54, 1.807) is 40.7 Å². The van der Waals surface area contributed by atoms with Gasteiger partial charge in [0.15, 0.2) is 0 Å². The van der Waals surface area contributed by atoms with E-state index in [0.717, 1.165) is 4.90 Å². The lowest BCUT2D eigenvalue weighted by molar-refractivity contribution is -0.142. The Morgan fingerprint density at radius 2 is 1.21 bits per heavy atom. The number of nitrogens with two attached hydrogens (primary N) is 1. The lowest BCUT2D eigenvalue weighted by Crippen LogP contribution is -2.60. The highest BCUT2D eigenvalue weighted by molar-refractivity contribution is 6.37. The summed E-state index contributed by atoms with van der Waals surface area (Å²) in [6.07, 6.45) is -2.13. The molecule has 61 heavy (non-hydrogen) atoms. The molecule has 0 spiro atoms. The van der Waals surface area contributed by atoms with Gasteiger partial charge in [0, 0.05) is 18.5 Å². The highest BCUT2D eigenvalue weighted by Gasteiger charge is 2.38. The molecule has 0 bridgehead atoms. The van der Waals surface area contributed by atoms with Crippen LogP contribution in [0.15, 0.2) is 30.3 Å². The number of unbranched alkanes of at least 4 members (excludes halogenated alkanes) is 1. The smallest absolute Gasteiger partial charge is 0.305 e. The number of amides is 7. The summed E-state index contributed by atoms with van der Waals surface area (Å²) in [5.41, 5.74) is 4.27. The number of carbonyl (C=O) groups is 11. The standard InChI is InChI=1S/C40H59N7O14/c1-7-8-14-24(33(56)35(41)57)43-36(58)26(19-22(2)3)45-38(60)34(40(4,5)6)46-29(49)21-47(23-12-10-9-11-13-23)39(61)25(15-17-30(50)51)44-37(59)27(20-32(54)55)42-28(48)16-18-31(52)53/h9-13,22,24-27,34H,7-8,14-21H2,1-6H3,(H2,41,57)(H,42,48)(H,43,58)(H,44,59)(H,45,60)(H,46,49)(H,50,51)(H,52,53)(H,54,55)/t24-,25-,26-,27-,34+/m0/s1. The number of Topliss-reactive ketones (excluding diaryl/α,β-unsaturated/α-hetero) is 1. The maximum Gasteiger partial charge on any atom is 0.305 e. The second-order valence-electron chi connectivity index (χ2n) is 15.9. The number of hydrogen-bond acceptors (Lipinski definition) is 11. The number of para-hydroxylation sites is 1. The van der Waals surface area contributed by atoms with Crippen LogP contribution in [0.2, 0.25) is 0 Å². The van der Waals surface area contributed by atoms with E-state index in [0.29, 0.717) is 12.8 Å². The first-order valence-electron chi connectivity index (χ1n) is 19.7. The van der Waals surface area contributed by atoms with Crippen LogP contribution in [0.4, 0.5) is 5.69 Å². The van der Waals surface area contributed by atoms with E-state index in [-0.39, 0.29) is 24.4 Å². The number of benzene rings is 1. The van der Waals surface area contributed by atoms with Crippen molar-refractivity contribution >= 4 is 70.7 Å². The van der Waals surface area contributed by atoms with Gasteiger partial charge >= 0.3 is 17.9 Å². The lowest BCUT2D eigenvalue weighted by Gasteiger charge is -2.33. The third kappa shape index (κ3) is 19.5. The van der Waals surface area contributed by atoms with Crippen LogP contribution in [0.25, 0.3) is 0 Å². The molecular formula is C40H59N7O14. The van der Waals surface area contributed by atoms with E-state index in [9.17, 15) is 63.0 Å². The Kier molecular flexibility index (Phi) is 21.8. The summed E-state index contributed by atoms with van der Waals surface area (Å²) in [7, 11) is 0. The summed E-state index contributed by atoms with van der Waals surface area (Å²) in [5, 5.41) is 39.9. The third-order valence-electron chi connectivity index (χ3n) is 8.99. The number of nitrogens with one attached hydrogen (secondary N) is 5. The molecule has 0 aliphatic carbocycles. The van der Waals surface area contributed by atoms with Gasteiger partial charge in [0.05, 0.1) is 18.9 Å². The van der Waals surface area contributed by atoms with E-state index < -0.39 is 139 Å². The van der Waals surface area contributed by atoms with Gasteiger partial charge in [-0.05, 0) is 42.7 Å². The van der Waals surface area contributed by atoms with E-state index >= 15 is 0 Å². The van der Waals surface area contributed by atoms with Crippen molar-refractivity contribution in [2.45, 2.75) is 130 Å². The number of aliphatic carboxylic acids is 3. The Labute approximate surface area is 353 Å². The topological polar surface area (TPSA) is 338 Å². The van der Waals surface area contributed by atoms with Crippen LogP contribution in [-0.4, -0.2) is 117 Å². The van der Waals surface area contributed by atoms with Gasteiger partial charge < -0.3 is 52.5 Å². The molecule has 0 radical (unpaired) electrons. The van der Waals surface area contributed by atoms with Crippen molar-refractivity contribution in [1.29, 1.82) is 0 Å². The van der Waals surface area contributed by atoms with Gasteiger partial charge in [-0.15, -0.1) is 0 Å². The van der Waals surface area contributed by atoms with Crippen molar-refractivity contribution in [2.24, 2.45) is 17.1 Å². The summed E-state index contributed by atoms with van der Waals surface area (Å²) in [6, 6.07) is 0.133. The van der Waals surface area contributed by atoms with Crippen LogP contribution in [0.3, 0.4) is 0 Å². The highest BCUT2D eigenvalue weighted by Crippen LogP contribution is 2.22. The van der Waals surface area contributed by atoms with E-state index in [4.69, 9.17) is 10.8 Å². The molecule has 7 amide bonds. The predicted molar refractivity (Wildman–Crippen MR) is 217 cm³/mol. The van der Waals surface area contributed by atoms with Crippen molar-refractivity contribution in [2.75, 3.05) is 11.4 Å². The zero-order valence-electron chi connectivity index (χ0n) is 35.3. The molecule has 1 aromatic rings. The molecule has 0 saturated heterocycles. The van der Waals surface area contributed by atoms with Gasteiger partial charge in [-0.2, -0.15) is 0 Å². The van der Waals surface area contributed by atoms with Gasteiger partial charge in [0.2, 0.25) is 41.2 Å². The van der Waals surface area contributed by atoms with Crippen LogP contribution < -0.4 is 37.2 Å². The summed E-state index contributed by atoms with van der Waals surface area (Å²) in [6.45, 7) is 9.46. The van der Waals surface area contributed by atoms with Crippen molar-refractivity contribution < 1.29 is 68.1 Å². The number of carboxylic acids is 3. The van der Waals surface area contributed by atoms with Gasteiger partial charge in [0.1, 0.15) is 30.7 Å². The fourth-order valence-electron chi connectivity index (χ4n) is 5.87. The molecule has 338 valence electrons. The fraction of sp³-hybridized carbons (Fsp3) is 0.575. The van der Waals surface area contributed by atoms with Gasteiger partial charge in [-0.1, -0.05) is 72.6 Å². The zero-order chi connectivity index (χ0) is 46.6. The number of carboxylic acid groups (broad SMARTS) is 3. The molecular weight excluding hydrogens is 802 g/mol. The number of ketones is 1. The van der Waals surface area contributed by atoms with Crippen molar-refractivity contribution in [3.63, 3.8) is 0 Å². The Hall–Kier alpha value is -6.41. The van der Waals surface area contributed by atoms with Crippen LogP contribution in [-0.2, 0) is 52.7 Å². The largest absolute Gasteiger partial charge is 0.481 e. The number of hydrogen-bond donors (Lipinski definition) is 9. The second-order valence-corrected chi connectivity index (χ2v) is 15.9. The Balaban J connectivity index is 3.51. The second kappa shape index (κ2) is 25.3. The average Bonchev–Trinajstić information content (AvgIpc) is 3.16. The summed E-state index contributed by atoms with van der Waals surface area (Å²) >= 11 is 0. The van der Waals surface area contributed by atoms with E-state index in [2.05, 4.69) is 26.6 Å². The molecule has 0 fully saturated rings. The number of anilines is 1. The molecule has 5 atom stereocenters. The molecule has 0 unspecified atom stereocenters. The van der Waals surface area contributed by atoms with Crippen molar-refractivity contribution in [3.8, 4) is 0 Å². The first-order chi connectivity index (χ1) is 28.4. The summed E-state index contributed by atoms with van der Waals surface area (Å²) < 4.78 is 0. The number of primary amides is 1. The van der Waals surface area contributed by atoms with Crippen molar-refractivity contribution in [1.82, 2.24) is 26.6 Å². The quantitative estimate of drug-likeness (QED) is 0.0526. The molecule has 10 N–H and O–H groups in total. The van der Waals surface area contributed by atoms with E-state index in [1.807, 2.05) is 6.92 Å². The van der Waals surface area contributed by atoms with Crippen LogP contribution in [0.1, 0.15) is 99.3 Å². The minimum atomic E-state index is -1.81. The van der Waals surface area contributed by atoms with Crippen LogP contribution >= 0.6 is 0 Å². The predicted octanol–water partition coefficient (Wildman–Crippen LogP) is -0.0153. The molecule has 0 heterocycles. The Morgan fingerprint density at radius 3 is 1.72 bits per heavy atom. The molecule has 1 aromatic carbocycles. The fourth-order valence-corrected chi connectivity index (χ4v) is 5.87. The molecule has 0 aromatic heterocycles. The zero-order valence-corrected chi connectivity index (χ0v) is 35.3. The summed E-state index contributed by atoms with van der Waals surface area (Å²) in [5.74, 6) is -12.4. The Bertz CT molecular complexity index is 1760. The molecule has 0 saturated carbocycles. The molecule has 0 aliphatic heterocycles. The minimum absolute atomic E-state index is 0.0900. The Morgan fingerprint density at radius 1 is 0.656 bits per heavy atom. The summed E-state index contributed by atoms with van der Waals surface area (Å²) in [4.78, 5) is 141. The first-order valence-corrected chi connectivity index (χ1v) is 19.7. The lowest BCUT2D eigenvalue weighted by atomic mass is 9.85. The van der Waals surface area contributed by atoms with Crippen LogP contribution in [0.5, 0.6) is 0 Å². The molecule has 21 nitrogen and oxygen atoms in total. The average molecular weight is 862 g/mol. The number of nitrogens with zero attached hydrogens (tertiary/aromatic N) is 1. The van der Waals surface area contributed by atoms with E-state index in [1.165, 1.54) is 24.3 Å². The van der Waals surface area contributed by atoms with Gasteiger partial charge in [-0.3, -0.25) is 52.7 Å². The maximum atomic E-state index is 14.2. The maximum absolute atomic E-state index is 14.2. The first kappa shape index (κ1) is 52.6. The monoisotopic (exact) mass is 861 g/mol. The molecule has 21 heteroatoms. The van der Waals surface area contributed by atoms with Crippen molar-refractivity contribution in [3.05, 3.63) is 30.3 Å².